The molecule has 2 rings (SSSR count). The number of ether oxygens (including phenoxy) is 1. The van der Waals surface area contributed by atoms with Gasteiger partial charge >= 0.3 is 8.80 Å². The quantitative estimate of drug-likeness (QED) is 0.0923. The predicted molar refractivity (Wildman–Crippen MR) is 99.4 cm³/mol. The average molecular weight is 406 g/mol. The van der Waals surface area contributed by atoms with Crippen molar-refractivity contribution < 1.29 is 23.9 Å². The molecule has 13 nitrogen and oxygen atoms in total. The maximum Gasteiger partial charge on any atom is 0.495 e. The van der Waals surface area contributed by atoms with E-state index in [0.717, 1.165) is 0 Å². The maximum atomic E-state index is 9.54. The zero-order valence-corrected chi connectivity index (χ0v) is 16.4. The molecule has 2 unspecified atom stereocenters. The lowest BCUT2D eigenvalue weighted by molar-refractivity contribution is -0.0891. The number of hydrogen-bond donors (Lipinski definition) is 7. The van der Waals surface area contributed by atoms with Gasteiger partial charge < -0.3 is 29.2 Å². The SMILES string of the molecule is [2H]OCC1CN(Nc2nc(NN)nc(NCCC[Si](O)(O)OC)n2)CC(C)O1. The van der Waals surface area contributed by atoms with Gasteiger partial charge in [0.05, 0.1) is 18.8 Å². The van der Waals surface area contributed by atoms with Gasteiger partial charge in [0.1, 0.15) is 0 Å². The van der Waals surface area contributed by atoms with Crippen LogP contribution in [0, 0.1) is 0 Å². The molecule has 154 valence electrons. The molecule has 14 heteroatoms. The molecule has 1 aromatic rings. The molecular weight excluding hydrogens is 376 g/mol. The molecule has 1 aliphatic rings. The van der Waals surface area contributed by atoms with Crippen LogP contribution in [0.2, 0.25) is 6.04 Å². The molecule has 1 aromatic heterocycles. The third kappa shape index (κ3) is 7.11. The highest BCUT2D eigenvalue weighted by molar-refractivity contribution is 6.57. The molecule has 0 aromatic carbocycles. The molecule has 0 saturated carbocycles. The molecule has 27 heavy (non-hydrogen) atoms. The minimum absolute atomic E-state index is 0.0601. The minimum Gasteiger partial charge on any atom is -0.394 e. The third-order valence-corrected chi connectivity index (χ3v) is 5.48. The average Bonchev–Trinajstić information content (AvgIpc) is 2.65. The highest BCUT2D eigenvalue weighted by atomic mass is 28.4. The first-order valence-electron chi connectivity index (χ1n) is 8.97. The number of morpholine rings is 1. The molecular formula is C13H28N8O5Si. The van der Waals surface area contributed by atoms with E-state index < -0.39 is 8.80 Å². The van der Waals surface area contributed by atoms with E-state index in [0.29, 0.717) is 26.1 Å². The van der Waals surface area contributed by atoms with E-state index >= 15 is 0 Å². The molecule has 0 aliphatic carbocycles. The van der Waals surface area contributed by atoms with Crippen molar-refractivity contribution in [1.82, 2.24) is 20.0 Å². The van der Waals surface area contributed by atoms with Crippen molar-refractivity contribution in [1.29, 1.82) is 1.43 Å². The molecule has 1 fully saturated rings. The van der Waals surface area contributed by atoms with Crippen molar-refractivity contribution >= 4 is 26.6 Å². The Kier molecular flexibility index (Phi) is 7.47. The molecule has 2 heterocycles. The zero-order valence-electron chi connectivity index (χ0n) is 16.4. The number of nitrogens with zero attached hydrogens (tertiary/aromatic N) is 4. The number of hydrogen-bond acceptors (Lipinski definition) is 13. The number of rotatable bonds is 11. The first kappa shape index (κ1) is 20.1. The van der Waals surface area contributed by atoms with Crippen LogP contribution < -0.4 is 22.0 Å². The van der Waals surface area contributed by atoms with Gasteiger partial charge in [-0.1, -0.05) is 0 Å². The Balaban J connectivity index is 1.96. The first-order valence-corrected chi connectivity index (χ1v) is 10.6. The van der Waals surface area contributed by atoms with Crippen LogP contribution in [0.4, 0.5) is 17.8 Å². The Bertz CT molecular complexity index is 618. The molecule has 0 radical (unpaired) electrons. The summed E-state index contributed by atoms with van der Waals surface area (Å²) in [6, 6.07) is 0.153. The van der Waals surface area contributed by atoms with Gasteiger partial charge in [-0.2, -0.15) is 15.0 Å². The number of hydrazine groups is 2. The number of aliphatic hydroxyl groups excluding tert-OH is 1. The van der Waals surface area contributed by atoms with Gasteiger partial charge in [0, 0.05) is 32.8 Å². The summed E-state index contributed by atoms with van der Waals surface area (Å²) in [6.07, 6.45) is 0.153. The van der Waals surface area contributed by atoms with E-state index in [1.165, 1.54) is 7.11 Å². The molecule has 2 atom stereocenters. The van der Waals surface area contributed by atoms with Crippen LogP contribution in [0.15, 0.2) is 0 Å². The fourth-order valence-electron chi connectivity index (χ4n) is 2.56. The van der Waals surface area contributed by atoms with Crippen molar-refractivity contribution in [3.63, 3.8) is 0 Å². The van der Waals surface area contributed by atoms with E-state index in [9.17, 15) is 9.59 Å². The van der Waals surface area contributed by atoms with E-state index in [-0.39, 0.29) is 42.7 Å². The van der Waals surface area contributed by atoms with Crippen LogP contribution in [0.1, 0.15) is 13.3 Å². The summed E-state index contributed by atoms with van der Waals surface area (Å²) in [5, 5.41) is 9.28. The number of nitrogens with one attached hydrogen (secondary N) is 3. The highest BCUT2D eigenvalue weighted by Crippen LogP contribution is 2.14. The van der Waals surface area contributed by atoms with Crippen LogP contribution in [-0.2, 0) is 9.16 Å². The summed E-state index contributed by atoms with van der Waals surface area (Å²) < 4.78 is 17.3. The molecule has 0 amide bonds. The van der Waals surface area contributed by atoms with E-state index in [1.807, 2.05) is 11.9 Å². The Labute approximate surface area is 159 Å². The highest BCUT2D eigenvalue weighted by Gasteiger charge is 2.29. The Hall–Kier alpha value is -1.65. The smallest absolute Gasteiger partial charge is 0.394 e. The number of nitrogens with two attached hydrogens (primary N) is 1. The molecule has 1 saturated heterocycles. The number of nitrogen functional groups attached to an aromatic ring is 1. The summed E-state index contributed by atoms with van der Waals surface area (Å²) in [6.45, 7) is 3.56. The summed E-state index contributed by atoms with van der Waals surface area (Å²) >= 11 is 0. The topological polar surface area (TPSA) is 183 Å². The fourth-order valence-corrected chi connectivity index (χ4v) is 3.40. The van der Waals surface area contributed by atoms with Crippen molar-refractivity contribution in [3.05, 3.63) is 0 Å². The molecule has 8 N–H and O–H groups in total. The summed E-state index contributed by atoms with van der Waals surface area (Å²) in [4.78, 5) is 31.7. The van der Waals surface area contributed by atoms with Crippen LogP contribution >= 0.6 is 0 Å². The largest absolute Gasteiger partial charge is 0.495 e. The normalized spacial score (nSPS) is 21.6. The van der Waals surface area contributed by atoms with E-state index in [1.54, 1.807) is 0 Å². The van der Waals surface area contributed by atoms with Gasteiger partial charge in [-0.25, -0.2) is 10.9 Å². The standard InChI is InChI=1S/C13H28N8O5Si/c1-9-6-21(7-10(8-22)26-9)20-13-17-11(16-12(18-13)19-14)15-4-3-5-27(23,24)25-2/h9-10,22-24H,3-8,14H2,1-2H3,(H3,15,16,17,18,19,20)/i22D. The Morgan fingerprint density at radius 2 is 2.07 bits per heavy atom. The second-order valence-electron chi connectivity index (χ2n) is 6.18. The second-order valence-corrected chi connectivity index (χ2v) is 8.57. The summed E-state index contributed by atoms with van der Waals surface area (Å²) in [5.74, 6) is 6.14. The number of anilines is 3. The van der Waals surface area contributed by atoms with Gasteiger partial charge in [-0.05, 0) is 13.3 Å². The van der Waals surface area contributed by atoms with Crippen LogP contribution in [0.25, 0.3) is 0 Å². The minimum atomic E-state index is -3.57. The summed E-state index contributed by atoms with van der Waals surface area (Å²) in [7, 11) is -2.30. The van der Waals surface area contributed by atoms with Gasteiger partial charge in [0.15, 0.2) is 0 Å². The van der Waals surface area contributed by atoms with Gasteiger partial charge in [0.2, 0.25) is 19.3 Å². The third-order valence-electron chi connectivity index (χ3n) is 3.82. The van der Waals surface area contributed by atoms with E-state index in [4.69, 9.17) is 12.0 Å². The number of aromatic nitrogens is 3. The predicted octanol–water partition coefficient (Wildman–Crippen LogP) is -2.06. The summed E-state index contributed by atoms with van der Waals surface area (Å²) in [5.41, 5.74) is 5.47. The first-order chi connectivity index (χ1) is 13.3. The lowest BCUT2D eigenvalue weighted by atomic mass is 10.2. The fraction of sp³-hybridized carbons (Fsp3) is 0.769. The molecule has 1 aliphatic heterocycles. The van der Waals surface area contributed by atoms with Gasteiger partial charge in [0.25, 0.3) is 0 Å². The maximum absolute atomic E-state index is 9.54. The monoisotopic (exact) mass is 405 g/mol. The Morgan fingerprint density at radius 1 is 1.33 bits per heavy atom. The van der Waals surface area contributed by atoms with Gasteiger partial charge in [-0.15, -0.1) is 0 Å². The van der Waals surface area contributed by atoms with Crippen molar-refractivity contribution in [2.75, 3.05) is 49.5 Å². The number of aliphatic hydroxyl groups is 1. The van der Waals surface area contributed by atoms with Crippen LogP contribution in [-0.4, -0.2) is 90.5 Å². The van der Waals surface area contributed by atoms with Crippen LogP contribution in [0.3, 0.4) is 0 Å². The van der Waals surface area contributed by atoms with Crippen LogP contribution in [0.5, 0.6) is 0 Å². The Morgan fingerprint density at radius 3 is 2.78 bits per heavy atom. The van der Waals surface area contributed by atoms with Crippen molar-refractivity contribution in [2.45, 2.75) is 31.6 Å². The second kappa shape index (κ2) is 10.0. The van der Waals surface area contributed by atoms with Gasteiger partial charge in [-0.3, -0.25) is 10.9 Å². The molecule has 0 bridgehead atoms. The van der Waals surface area contributed by atoms with Crippen molar-refractivity contribution in [3.8, 4) is 0 Å². The lowest BCUT2D eigenvalue weighted by Gasteiger charge is -2.35. The lowest BCUT2D eigenvalue weighted by Crippen LogP contribution is -2.50. The molecule has 0 spiro atoms. The zero-order chi connectivity index (χ0) is 20.6. The van der Waals surface area contributed by atoms with E-state index in [2.05, 4.69) is 40.7 Å². The van der Waals surface area contributed by atoms with Crippen molar-refractivity contribution in [2.24, 2.45) is 5.84 Å².